The molecule has 0 aliphatic heterocycles. The number of pyridine rings is 3. The molecule has 0 fully saturated rings. The van der Waals surface area contributed by atoms with Gasteiger partial charge in [-0.1, -0.05) is 157 Å². The Balaban J connectivity index is 0.000000174. The fourth-order valence-corrected chi connectivity index (χ4v) is 11.6. The third-order valence-corrected chi connectivity index (χ3v) is 16.7. The topological polar surface area (TPSA) is 228 Å². The number of thiazole rings is 3. The van der Waals surface area contributed by atoms with Gasteiger partial charge < -0.3 is 60.7 Å². The van der Waals surface area contributed by atoms with Gasteiger partial charge in [0.1, 0.15) is 10.9 Å². The van der Waals surface area contributed by atoms with Crippen molar-refractivity contribution in [3.8, 4) is 106 Å². The van der Waals surface area contributed by atoms with E-state index >= 15 is 0 Å². The zero-order valence-corrected chi connectivity index (χ0v) is 71.8. The Morgan fingerprint density at radius 2 is 1.09 bits per heavy atom. The van der Waals surface area contributed by atoms with E-state index in [1.165, 1.54) is 12.0 Å². The average molecular weight is 2500 g/mol. The summed E-state index contributed by atoms with van der Waals surface area (Å²) in [4.78, 5) is 54.9. The molecule has 3 aromatic carbocycles. The molecule has 0 unspecified atom stereocenters. The van der Waals surface area contributed by atoms with Crippen molar-refractivity contribution in [3.05, 3.63) is 317 Å². The molecule has 15 aromatic heterocycles. The van der Waals surface area contributed by atoms with E-state index in [1.807, 2.05) is 207 Å². The van der Waals surface area contributed by atoms with E-state index < -0.39 is 0 Å². The fourth-order valence-electron chi connectivity index (χ4n) is 9.81. The molecule has 18 aromatic rings. The van der Waals surface area contributed by atoms with Crippen molar-refractivity contribution in [1.82, 2.24) is 96.8 Å². The largest absolute Gasteiger partial charge is 0.482 e. The zero-order chi connectivity index (χ0) is 67.4. The maximum Gasteiger partial charge on any atom is 0.191 e. The van der Waals surface area contributed by atoms with Gasteiger partial charge in [0.25, 0.3) is 0 Å². The number of nitrogens with zero attached hydrogens (tertiary/aromatic N) is 20. The Morgan fingerprint density at radius 1 is 0.438 bits per heavy atom. The molecule has 0 spiro atoms. The third kappa shape index (κ3) is 21.4. The molecule has 18 rings (SSSR count). The third-order valence-electron chi connectivity index (χ3n) is 14.5. The van der Waals surface area contributed by atoms with E-state index in [-0.39, 0.29) is 121 Å². The summed E-state index contributed by atoms with van der Waals surface area (Å²) in [5.74, 6) is 4.10. The Bertz CT molecular complexity index is 5070. The summed E-state index contributed by atoms with van der Waals surface area (Å²) in [5, 5.41) is 5.61. The van der Waals surface area contributed by atoms with Crippen LogP contribution in [0.2, 0.25) is 0 Å². The normalized spacial score (nSPS) is 9.97. The number of aryl methyl sites for hydroxylation is 2. The summed E-state index contributed by atoms with van der Waals surface area (Å²) >= 11 is 4.66. The molecule has 0 saturated carbocycles. The molecule has 22 nitrogen and oxygen atoms in total. The smallest absolute Gasteiger partial charge is 0.191 e. The summed E-state index contributed by atoms with van der Waals surface area (Å²) in [6, 6.07) is 48.2. The van der Waals surface area contributed by atoms with E-state index in [1.54, 1.807) is 131 Å². The van der Waals surface area contributed by atoms with Crippen LogP contribution in [0.1, 0.15) is 5.56 Å². The first-order chi connectivity index (χ1) is 48.9. The summed E-state index contributed by atoms with van der Waals surface area (Å²) in [6.07, 6.45) is 49.2. The summed E-state index contributed by atoms with van der Waals surface area (Å²) < 4.78 is 23.7. The van der Waals surface area contributed by atoms with Crippen molar-refractivity contribution < 1.29 is 129 Å². The van der Waals surface area contributed by atoms with Gasteiger partial charge in [0, 0.05) is 231 Å². The van der Waals surface area contributed by atoms with Gasteiger partial charge in [-0.3, -0.25) is 39.9 Å². The van der Waals surface area contributed by atoms with Crippen LogP contribution >= 0.6 is 34.0 Å². The van der Waals surface area contributed by atoms with Crippen LogP contribution in [0, 0.1) is 44.2 Å². The van der Waals surface area contributed by atoms with Crippen molar-refractivity contribution in [2.45, 2.75) is 6.92 Å². The van der Waals surface area contributed by atoms with Crippen molar-refractivity contribution >= 4 is 34.0 Å². The quantitative estimate of drug-likeness (QED) is 0.104. The van der Waals surface area contributed by atoms with Crippen LogP contribution in [0.4, 0.5) is 0 Å². The predicted molar refractivity (Wildman–Crippen MR) is 379 cm³/mol. The van der Waals surface area contributed by atoms with Crippen LogP contribution < -0.4 is 0 Å². The first-order valence-corrected chi connectivity index (χ1v) is 32.9. The second-order valence-electron chi connectivity index (χ2n) is 20.9. The van der Waals surface area contributed by atoms with E-state index in [9.17, 15) is 0 Å². The number of benzene rings is 3. The minimum absolute atomic E-state index is 0. The number of hydrogen-bond acceptors (Lipinski definition) is 18. The van der Waals surface area contributed by atoms with E-state index in [0.717, 1.165) is 100 Å². The van der Waals surface area contributed by atoms with Crippen LogP contribution in [0.25, 0.3) is 106 Å². The minimum atomic E-state index is 0. The minimum Gasteiger partial charge on any atom is -0.482 e. The van der Waals surface area contributed by atoms with E-state index in [2.05, 4.69) is 119 Å². The predicted octanol–water partition coefficient (Wildman–Crippen LogP) is 15.0. The van der Waals surface area contributed by atoms with Crippen LogP contribution in [0.5, 0.6) is 0 Å². The summed E-state index contributed by atoms with van der Waals surface area (Å²) in [7, 11) is 3.97. The van der Waals surface area contributed by atoms with Gasteiger partial charge in [-0.05, 0) is 88.1 Å². The Morgan fingerprint density at radius 3 is 1.69 bits per heavy atom. The van der Waals surface area contributed by atoms with Crippen molar-refractivity contribution in [2.24, 2.45) is 14.1 Å². The SMILES string of the molecule is Cc1cnccc1-c1cnc(-c2[c-]ncs2)n1C.Cn1cnc(-n2[c-]ccc2-c2ccccc2)c1.[Ir].[Ir].[Ir].[Ir].[Ir].[Ir].[c-]1ccc(-c2ccncc2)n1-c1cocn1.[c-]1cnc(-c2ccccc2)n1-c1nccs1.[c-]1cncn1-c1ncc(-c2ccccc2)o1.[c-]1ncc(-c2cccnc2)n1-c1nccs1. The van der Waals surface area contributed by atoms with Gasteiger partial charge in [0.15, 0.2) is 12.4 Å². The van der Waals surface area contributed by atoms with Gasteiger partial charge in [-0.15, -0.1) is 12.1 Å². The standard InChI is InChI=1S/C14H12N3.C13H11N4S.2C12H8N3O.C12H8N3S.C11H7N4S.6Ir/c1-16-10-14(15-11-16)17-9-5-8-13(17)12-6-3-2-4-7-12;1-9-5-14-4-3-10(9)11-6-16-13(17(11)2)12-7-15-8-18-12;1-2-11(10-3-5-13-6-4-10)15(7-1)12-8-16-9-14-12;1-2-4-10(5-3-1)11-8-14-12(16-11)15-7-6-13-9-15;1-2-4-10(5-3-1)11-13-6-8-15(11)12-14-7-9-16-12;1-2-9(6-12-3-1)10-7-13-8-15(10)11-14-4-5-16-11;;;;;;/h2-8,10-11H,1H3;3-6,8H,1-2H3;2*1-6,8-9H;1-7,9H;1-7H;;;;;;/q6*-1;;;;;;. The van der Waals surface area contributed by atoms with Crippen LogP contribution in [0.15, 0.2) is 283 Å². The first kappa shape index (κ1) is 83.2. The average Bonchev–Trinajstić information content (AvgIpc) is 1.67. The zero-order valence-electron chi connectivity index (χ0n) is 55.0. The Labute approximate surface area is 697 Å². The number of aromatic nitrogens is 20. The van der Waals surface area contributed by atoms with Gasteiger partial charge in [-0.2, -0.15) is 34.8 Å². The first-order valence-electron chi connectivity index (χ1n) is 30.2. The molecule has 0 bridgehead atoms. The molecule has 105 heavy (non-hydrogen) atoms. The fraction of sp³-hybridized carbons (Fsp3) is 0.0405. The molecule has 0 amide bonds. The molecular weight excluding hydrogens is 2450 g/mol. The number of hydrogen-bond donors (Lipinski definition) is 0. The molecule has 540 valence electrons. The van der Waals surface area contributed by atoms with Crippen LogP contribution in [-0.4, -0.2) is 96.8 Å². The van der Waals surface area contributed by atoms with Gasteiger partial charge >= 0.3 is 0 Å². The van der Waals surface area contributed by atoms with Crippen molar-refractivity contribution in [3.63, 3.8) is 0 Å². The Kier molecular flexibility index (Phi) is 33.4. The van der Waals surface area contributed by atoms with Gasteiger partial charge in [0.05, 0.1) is 41.2 Å². The summed E-state index contributed by atoms with van der Waals surface area (Å²) in [6.45, 7) is 2.05. The molecule has 6 radical (unpaired) electrons. The maximum absolute atomic E-state index is 5.59. The number of rotatable bonds is 12. The molecule has 31 heteroatoms. The van der Waals surface area contributed by atoms with Crippen LogP contribution in [-0.2, 0) is 135 Å². The number of oxazole rings is 2. The van der Waals surface area contributed by atoms with Crippen molar-refractivity contribution in [1.29, 1.82) is 0 Å². The molecule has 0 atom stereocenters. The molecule has 0 aliphatic carbocycles. The van der Waals surface area contributed by atoms with Gasteiger partial charge in [0.2, 0.25) is 0 Å². The molecule has 0 N–H and O–H groups in total. The Hall–Kier alpha value is -9.07. The van der Waals surface area contributed by atoms with E-state index in [4.69, 9.17) is 8.83 Å². The van der Waals surface area contributed by atoms with E-state index in [0.29, 0.717) is 6.01 Å². The molecular formula is C74H54Ir6N20O2S3-6. The monoisotopic (exact) mass is 2510 g/mol. The molecule has 15 heterocycles. The molecule has 0 saturated heterocycles. The van der Waals surface area contributed by atoms with Gasteiger partial charge in [-0.25, -0.2) is 16.3 Å². The summed E-state index contributed by atoms with van der Waals surface area (Å²) in [5.41, 5.74) is 13.5. The van der Waals surface area contributed by atoms with Crippen molar-refractivity contribution in [2.75, 3.05) is 0 Å². The second kappa shape index (κ2) is 42.2. The number of imidazole rings is 5. The molecule has 0 aliphatic rings. The maximum atomic E-state index is 5.59. The second-order valence-corrected chi connectivity index (χ2v) is 23.5. The van der Waals surface area contributed by atoms with Crippen LogP contribution in [0.3, 0.4) is 0 Å².